The molecule has 0 spiro atoms. The Labute approximate surface area is 147 Å². The Kier molecular flexibility index (Phi) is 4.90. The van der Waals surface area contributed by atoms with Gasteiger partial charge in [0.1, 0.15) is 22.5 Å². The topological polar surface area (TPSA) is 48.7 Å². The van der Waals surface area contributed by atoms with Crippen LogP contribution in [-0.4, -0.2) is 4.98 Å². The van der Waals surface area contributed by atoms with Crippen LogP contribution in [0.2, 0.25) is 5.02 Å². The molecule has 2 aromatic carbocycles. The van der Waals surface area contributed by atoms with E-state index in [4.69, 9.17) is 11.6 Å². The Balaban J connectivity index is 1.82. The second-order valence-corrected chi connectivity index (χ2v) is 6.16. The minimum atomic E-state index is -0.294. The third-order valence-corrected chi connectivity index (χ3v) is 4.31. The van der Waals surface area contributed by atoms with Crippen LogP contribution in [0.3, 0.4) is 0 Å². The van der Waals surface area contributed by atoms with E-state index in [1.165, 1.54) is 23.5 Å². The molecule has 6 heteroatoms. The fourth-order valence-corrected chi connectivity index (χ4v) is 3.01. The van der Waals surface area contributed by atoms with Gasteiger partial charge in [-0.2, -0.15) is 5.26 Å². The van der Waals surface area contributed by atoms with E-state index in [0.29, 0.717) is 21.3 Å². The number of nitrogens with zero attached hydrogens (tertiary/aromatic N) is 2. The lowest BCUT2D eigenvalue weighted by atomic mass is 10.2. The average molecular weight is 356 g/mol. The van der Waals surface area contributed by atoms with Crippen LogP contribution >= 0.6 is 22.9 Å². The molecule has 0 aliphatic heterocycles. The van der Waals surface area contributed by atoms with Crippen molar-refractivity contribution in [3.05, 3.63) is 76.0 Å². The number of nitriles is 1. The van der Waals surface area contributed by atoms with Gasteiger partial charge in [-0.25, -0.2) is 9.37 Å². The van der Waals surface area contributed by atoms with E-state index in [-0.39, 0.29) is 5.82 Å². The molecule has 0 radical (unpaired) electrons. The zero-order valence-electron chi connectivity index (χ0n) is 12.3. The molecule has 3 nitrogen and oxygen atoms in total. The summed E-state index contributed by atoms with van der Waals surface area (Å²) in [6.07, 6.45) is 1.60. The van der Waals surface area contributed by atoms with Crippen LogP contribution in [0.4, 0.5) is 10.1 Å². The summed E-state index contributed by atoms with van der Waals surface area (Å²) in [7, 11) is 0. The number of hydrogen-bond donors (Lipinski definition) is 1. The summed E-state index contributed by atoms with van der Waals surface area (Å²) in [6.45, 7) is 0. The Morgan fingerprint density at radius 2 is 2.04 bits per heavy atom. The fraction of sp³-hybridized carbons (Fsp3) is 0. The first-order valence-corrected chi connectivity index (χ1v) is 8.25. The van der Waals surface area contributed by atoms with Crippen LogP contribution in [0.1, 0.15) is 5.01 Å². The summed E-state index contributed by atoms with van der Waals surface area (Å²) in [5.41, 5.74) is 2.71. The Hall–Kier alpha value is -2.68. The van der Waals surface area contributed by atoms with Crippen molar-refractivity contribution in [1.29, 1.82) is 5.26 Å². The Bertz CT molecular complexity index is 926. The maximum absolute atomic E-state index is 13.0. The summed E-state index contributed by atoms with van der Waals surface area (Å²) in [5, 5.41) is 15.4. The van der Waals surface area contributed by atoms with Crippen molar-refractivity contribution in [3.63, 3.8) is 0 Å². The minimum absolute atomic E-state index is 0.294. The number of thiazole rings is 1. The van der Waals surface area contributed by atoms with Gasteiger partial charge in [0.25, 0.3) is 0 Å². The third-order valence-electron chi connectivity index (χ3n) is 3.20. The third kappa shape index (κ3) is 3.80. The summed E-state index contributed by atoms with van der Waals surface area (Å²) < 4.78 is 13.0. The smallest absolute Gasteiger partial charge is 0.136 e. The van der Waals surface area contributed by atoms with E-state index in [0.717, 1.165) is 11.3 Å². The van der Waals surface area contributed by atoms with Crippen molar-refractivity contribution in [2.75, 3.05) is 5.32 Å². The van der Waals surface area contributed by atoms with Crippen molar-refractivity contribution in [2.24, 2.45) is 0 Å². The predicted octanol–water partition coefficient (Wildman–Crippen LogP) is 5.58. The first-order chi connectivity index (χ1) is 11.7. The number of benzene rings is 2. The molecule has 3 rings (SSSR count). The number of rotatable bonds is 4. The highest BCUT2D eigenvalue weighted by Gasteiger charge is 2.09. The molecular formula is C18H11ClFN3S. The molecule has 0 aliphatic rings. The Morgan fingerprint density at radius 3 is 2.75 bits per heavy atom. The molecule has 1 heterocycles. The van der Waals surface area contributed by atoms with Gasteiger partial charge in [-0.15, -0.1) is 11.3 Å². The molecule has 0 aliphatic carbocycles. The van der Waals surface area contributed by atoms with Crippen LogP contribution in [-0.2, 0) is 0 Å². The zero-order chi connectivity index (χ0) is 16.9. The van der Waals surface area contributed by atoms with E-state index in [1.54, 1.807) is 30.5 Å². The van der Waals surface area contributed by atoms with Gasteiger partial charge >= 0.3 is 0 Å². The van der Waals surface area contributed by atoms with Gasteiger partial charge in [0, 0.05) is 27.9 Å². The second-order valence-electron chi connectivity index (χ2n) is 4.87. The van der Waals surface area contributed by atoms with Crippen LogP contribution in [0.25, 0.3) is 16.8 Å². The molecule has 118 valence electrons. The first-order valence-electron chi connectivity index (χ1n) is 7.00. The average Bonchev–Trinajstić information content (AvgIpc) is 3.06. The molecule has 3 aromatic rings. The van der Waals surface area contributed by atoms with Gasteiger partial charge < -0.3 is 5.32 Å². The van der Waals surface area contributed by atoms with Gasteiger partial charge in [-0.1, -0.05) is 17.7 Å². The van der Waals surface area contributed by atoms with Crippen molar-refractivity contribution in [3.8, 4) is 17.3 Å². The minimum Gasteiger partial charge on any atom is -0.360 e. The molecule has 0 saturated carbocycles. The van der Waals surface area contributed by atoms with E-state index < -0.39 is 0 Å². The number of anilines is 1. The summed E-state index contributed by atoms with van der Waals surface area (Å²) in [4.78, 5) is 4.45. The van der Waals surface area contributed by atoms with Crippen LogP contribution in [0, 0.1) is 17.1 Å². The predicted molar refractivity (Wildman–Crippen MR) is 96.2 cm³/mol. The molecule has 0 amide bonds. The maximum atomic E-state index is 13.0. The number of hydrogen-bond acceptors (Lipinski definition) is 4. The monoisotopic (exact) mass is 355 g/mol. The molecule has 24 heavy (non-hydrogen) atoms. The lowest BCUT2D eigenvalue weighted by Crippen LogP contribution is -1.91. The largest absolute Gasteiger partial charge is 0.360 e. The van der Waals surface area contributed by atoms with E-state index in [1.807, 2.05) is 17.5 Å². The lowest BCUT2D eigenvalue weighted by molar-refractivity contribution is 0.628. The highest BCUT2D eigenvalue weighted by atomic mass is 35.5. The summed E-state index contributed by atoms with van der Waals surface area (Å²) in [5.74, 6) is -0.294. The summed E-state index contributed by atoms with van der Waals surface area (Å²) in [6, 6.07) is 15.4. The highest BCUT2D eigenvalue weighted by Crippen LogP contribution is 2.26. The number of halogens is 2. The molecule has 1 N–H and O–H groups in total. The quantitative estimate of drug-likeness (QED) is 0.621. The van der Waals surface area contributed by atoms with Crippen LogP contribution in [0.5, 0.6) is 0 Å². The molecule has 0 fully saturated rings. The van der Waals surface area contributed by atoms with Gasteiger partial charge in [0.05, 0.1) is 5.69 Å². The first kappa shape index (κ1) is 16.2. The van der Waals surface area contributed by atoms with Crippen molar-refractivity contribution < 1.29 is 4.39 Å². The number of nitrogens with one attached hydrogen (secondary N) is 1. The Morgan fingerprint density at radius 1 is 1.25 bits per heavy atom. The van der Waals surface area contributed by atoms with Gasteiger partial charge in [0.2, 0.25) is 0 Å². The van der Waals surface area contributed by atoms with Crippen LogP contribution < -0.4 is 5.32 Å². The van der Waals surface area contributed by atoms with Crippen LogP contribution in [0.15, 0.2) is 60.1 Å². The number of aromatic nitrogens is 1. The molecule has 0 unspecified atom stereocenters. The van der Waals surface area contributed by atoms with Crippen molar-refractivity contribution in [1.82, 2.24) is 4.98 Å². The van der Waals surface area contributed by atoms with E-state index >= 15 is 0 Å². The zero-order valence-corrected chi connectivity index (χ0v) is 13.9. The molecule has 1 aromatic heterocycles. The molecule has 0 atom stereocenters. The van der Waals surface area contributed by atoms with E-state index in [9.17, 15) is 9.65 Å². The van der Waals surface area contributed by atoms with Gasteiger partial charge in [-0.05, 0) is 42.5 Å². The normalized spacial score (nSPS) is 11.1. The fourth-order valence-electron chi connectivity index (χ4n) is 2.03. The van der Waals surface area contributed by atoms with Crippen molar-refractivity contribution in [2.45, 2.75) is 0 Å². The molecular weight excluding hydrogens is 345 g/mol. The summed E-state index contributed by atoms with van der Waals surface area (Å²) >= 11 is 7.29. The molecule has 0 saturated heterocycles. The second kappa shape index (κ2) is 7.26. The lowest BCUT2D eigenvalue weighted by Gasteiger charge is -2.01. The van der Waals surface area contributed by atoms with Gasteiger partial charge in [0.15, 0.2) is 0 Å². The highest BCUT2D eigenvalue weighted by molar-refractivity contribution is 7.11. The van der Waals surface area contributed by atoms with Crippen molar-refractivity contribution >= 4 is 34.2 Å². The standard InChI is InChI=1S/C18H11ClFN3S/c19-14-2-1-3-16(8-14)22-10-13(9-21)18-23-17(11-24-18)12-4-6-15(20)7-5-12/h1-8,10-11,22H/b13-10+. The van der Waals surface area contributed by atoms with Gasteiger partial charge in [-0.3, -0.25) is 0 Å². The SMILES string of the molecule is N#C/C(=C\Nc1cccc(Cl)c1)c1nc(-c2ccc(F)cc2)cs1. The maximum Gasteiger partial charge on any atom is 0.136 e. The van der Waals surface area contributed by atoms with E-state index in [2.05, 4.69) is 16.4 Å². The molecule has 0 bridgehead atoms. The number of allylic oxidation sites excluding steroid dienone is 1.